The number of Topliss-reactive ketones (excluding diaryl/α,β-unsaturated/α-hetero) is 2. The van der Waals surface area contributed by atoms with Crippen molar-refractivity contribution in [2.45, 2.75) is 105 Å². The lowest BCUT2D eigenvalue weighted by Gasteiger charge is -2.22. The first-order valence-electron chi connectivity index (χ1n) is 16.1. The molecular weight excluding hydrogens is 765 g/mol. The minimum Gasteiger partial charge on any atom is -1.00 e. The van der Waals surface area contributed by atoms with Crippen molar-refractivity contribution in [3.8, 4) is 0 Å². The number of ether oxygens (including phenoxy) is 2. The monoisotopic (exact) mass is 831 g/mol. The number of nitrogens with two attached hydrogens (primary N) is 1. The summed E-state index contributed by atoms with van der Waals surface area (Å²) in [6, 6.07) is 1.60. The highest BCUT2D eigenvalue weighted by molar-refractivity contribution is 5.89. The minimum atomic E-state index is -0.963. The van der Waals surface area contributed by atoms with Crippen LogP contribution in [-0.2, 0) is 38.2 Å². The summed E-state index contributed by atoms with van der Waals surface area (Å²) < 4.78 is 10.9. The summed E-state index contributed by atoms with van der Waals surface area (Å²) >= 11 is 0. The molecule has 2 atom stereocenters. The number of nitrogens with one attached hydrogen (secondary N) is 3. The minimum absolute atomic E-state index is 0. The van der Waals surface area contributed by atoms with Gasteiger partial charge in [0.05, 0.1) is 65.3 Å². The van der Waals surface area contributed by atoms with Gasteiger partial charge in [-0.2, -0.15) is 0 Å². The van der Waals surface area contributed by atoms with E-state index in [4.69, 9.17) is 20.3 Å². The average molecular weight is 832 g/mol. The van der Waals surface area contributed by atoms with E-state index in [1.54, 1.807) is 55.6 Å². The molecule has 0 radical (unpaired) electrons. The second kappa shape index (κ2) is 30.9. The van der Waals surface area contributed by atoms with Gasteiger partial charge in [0.1, 0.15) is 29.3 Å². The first-order valence-corrected chi connectivity index (χ1v) is 16.1. The molecule has 6 N–H and O–H groups in total. The fraction of sp³-hybridized carbons (Fsp3) is 0.788. The number of rotatable bonds is 16. The van der Waals surface area contributed by atoms with E-state index in [2.05, 4.69) is 53.1 Å². The lowest BCUT2D eigenvalue weighted by atomic mass is 10.1. The molecule has 0 rings (SSSR count). The zero-order valence-electron chi connectivity index (χ0n) is 32.8. The number of aliphatic carboxylic acids is 1. The molecule has 0 aromatic heterocycles. The standard InChI is InChI=1S/C12H22N2O4.C9H20N3.C6H11NO3.C6H13NO2.HI/c1-8(15)9(13-5)6-10(16)14-7-11(17)18-12(2,3)4;1-5-10-9-11-7-6-8-12(2,3)4;1-4(8)5(7-2)3-6(9)10;1-6(2,3)9-5(8)4-7;/h9,13H,6-7H2,1-5H3,(H,14,16);5-8H2,1-4H3;5,7H,3H2,1-2H3,(H,9,10);4,7H2,1-3H3;1H/q;+1;;;/p-1. The van der Waals surface area contributed by atoms with Crippen LogP contribution in [0.25, 0.3) is 0 Å². The highest BCUT2D eigenvalue weighted by Gasteiger charge is 2.19. The van der Waals surface area contributed by atoms with Crippen LogP contribution in [0.5, 0.6) is 0 Å². The smallest absolute Gasteiger partial charge is 0.325 e. The predicted octanol–water partition coefficient (Wildman–Crippen LogP) is -1.78. The number of likely N-dealkylation sites (N-methyl/N-ethyl adjacent to an activating group) is 2. The van der Waals surface area contributed by atoms with Crippen LogP contribution in [-0.4, -0.2) is 142 Å². The molecule has 0 bridgehead atoms. The Bertz CT molecular complexity index is 1060. The fourth-order valence-corrected chi connectivity index (χ4v) is 3.06. The van der Waals surface area contributed by atoms with Crippen molar-refractivity contribution >= 4 is 41.4 Å². The molecule has 0 heterocycles. The summed E-state index contributed by atoms with van der Waals surface area (Å²) in [4.78, 5) is 73.0. The lowest BCUT2D eigenvalue weighted by Crippen LogP contribution is -3.00. The molecule has 0 fully saturated rings. The van der Waals surface area contributed by atoms with Crippen LogP contribution < -0.4 is 45.7 Å². The summed E-state index contributed by atoms with van der Waals surface area (Å²) in [5.41, 5.74) is 4.02. The van der Waals surface area contributed by atoms with Gasteiger partial charge in [-0.15, -0.1) is 0 Å². The maximum Gasteiger partial charge on any atom is 0.325 e. The number of carboxylic acids is 1. The number of halogens is 1. The van der Waals surface area contributed by atoms with Crippen molar-refractivity contribution in [2.75, 3.05) is 68.0 Å². The highest BCUT2D eigenvalue weighted by Crippen LogP contribution is 2.06. The van der Waals surface area contributed by atoms with Crippen molar-refractivity contribution in [1.82, 2.24) is 16.0 Å². The van der Waals surface area contributed by atoms with Gasteiger partial charge >= 0.3 is 17.9 Å². The predicted molar refractivity (Wildman–Crippen MR) is 190 cm³/mol. The molecule has 0 aliphatic heterocycles. The average Bonchev–Trinajstić information content (AvgIpc) is 2.93. The van der Waals surface area contributed by atoms with Crippen molar-refractivity contribution in [3.63, 3.8) is 0 Å². The van der Waals surface area contributed by atoms with Crippen LogP contribution in [0.2, 0.25) is 0 Å². The maximum absolute atomic E-state index is 11.5. The first kappa shape index (κ1) is 56.5. The zero-order valence-corrected chi connectivity index (χ0v) is 35.0. The van der Waals surface area contributed by atoms with E-state index in [1.807, 2.05) is 6.92 Å². The van der Waals surface area contributed by atoms with E-state index in [9.17, 15) is 28.8 Å². The second-order valence-electron chi connectivity index (χ2n) is 13.7. The zero-order chi connectivity index (χ0) is 39.4. The molecule has 0 saturated heterocycles. The first-order chi connectivity index (χ1) is 22.2. The largest absolute Gasteiger partial charge is 1.00 e. The van der Waals surface area contributed by atoms with Crippen LogP contribution in [0, 0.1) is 0 Å². The van der Waals surface area contributed by atoms with Gasteiger partial charge in [0.25, 0.3) is 0 Å². The number of esters is 2. The summed E-state index contributed by atoms with van der Waals surface area (Å²) in [7, 11) is 9.72. The van der Waals surface area contributed by atoms with Crippen molar-refractivity contribution < 1.29 is 71.8 Å². The molecular formula is C33H66IN7O9. The van der Waals surface area contributed by atoms with Crippen LogP contribution in [0.3, 0.4) is 0 Å². The van der Waals surface area contributed by atoms with Gasteiger partial charge in [-0.25, -0.2) is 9.98 Å². The Balaban J connectivity index is -0.000000186. The number of carboxylic acid groups (broad SMARTS) is 1. The van der Waals surface area contributed by atoms with Gasteiger partial charge < -0.3 is 64.7 Å². The Morgan fingerprint density at radius 2 is 1.26 bits per heavy atom. The van der Waals surface area contributed by atoms with Crippen LogP contribution in [0.15, 0.2) is 9.98 Å². The van der Waals surface area contributed by atoms with Crippen molar-refractivity contribution in [1.29, 1.82) is 0 Å². The number of ketones is 2. The van der Waals surface area contributed by atoms with Gasteiger partial charge in [-0.3, -0.25) is 28.8 Å². The number of carbonyl (C=O) groups excluding carboxylic acids is 5. The Kier molecular flexibility index (Phi) is 35.0. The molecule has 0 spiro atoms. The van der Waals surface area contributed by atoms with E-state index < -0.39 is 35.2 Å². The SMILES string of the molecule is CC(C)(C)OC(=O)CN.CCN=C=NCCC[N+](C)(C)C.CNC(CC(=O)NCC(=O)OC(C)(C)C)C(C)=O.CNC(CC(=O)O)C(C)=O.[I-]. The van der Waals surface area contributed by atoms with Crippen LogP contribution in [0.4, 0.5) is 0 Å². The number of hydrogen-bond donors (Lipinski definition) is 5. The molecule has 0 aromatic carbocycles. The van der Waals surface area contributed by atoms with Gasteiger partial charge in [0, 0.05) is 19.4 Å². The van der Waals surface area contributed by atoms with Crippen molar-refractivity contribution in [2.24, 2.45) is 15.7 Å². The second-order valence-corrected chi connectivity index (χ2v) is 13.7. The van der Waals surface area contributed by atoms with Crippen molar-refractivity contribution in [3.05, 3.63) is 0 Å². The van der Waals surface area contributed by atoms with Crippen LogP contribution >= 0.6 is 0 Å². The summed E-state index contributed by atoms with van der Waals surface area (Å²) in [6.07, 6.45) is 0.968. The maximum atomic E-state index is 11.5. The van der Waals surface area contributed by atoms with E-state index >= 15 is 0 Å². The molecule has 0 aromatic rings. The molecule has 2 unspecified atom stereocenters. The lowest BCUT2D eigenvalue weighted by molar-refractivity contribution is -0.870. The fourth-order valence-electron chi connectivity index (χ4n) is 3.06. The number of nitrogens with zero attached hydrogens (tertiary/aromatic N) is 3. The highest BCUT2D eigenvalue weighted by atomic mass is 127. The van der Waals surface area contributed by atoms with Gasteiger partial charge in [-0.1, -0.05) is 0 Å². The molecule has 0 saturated carbocycles. The molecule has 0 aliphatic rings. The molecule has 1 amide bonds. The Morgan fingerprint density at radius 3 is 1.56 bits per heavy atom. The van der Waals surface area contributed by atoms with E-state index in [1.165, 1.54) is 13.8 Å². The van der Waals surface area contributed by atoms with E-state index in [0.717, 1.165) is 30.5 Å². The Morgan fingerprint density at radius 1 is 0.820 bits per heavy atom. The summed E-state index contributed by atoms with van der Waals surface area (Å²) in [6.45, 7) is 18.0. The molecule has 50 heavy (non-hydrogen) atoms. The topological polar surface area (TPSA) is 228 Å². The van der Waals surface area contributed by atoms with E-state index in [0.29, 0.717) is 0 Å². The normalized spacial score (nSPS) is 11.7. The summed E-state index contributed by atoms with van der Waals surface area (Å²) in [5.74, 6) is -2.46. The number of hydrogen-bond acceptors (Lipinski definition) is 13. The van der Waals surface area contributed by atoms with Gasteiger partial charge in [-0.05, 0) is 76.4 Å². The summed E-state index contributed by atoms with van der Waals surface area (Å²) in [5, 5.41) is 16.0. The number of amides is 1. The number of quaternary nitrogens is 1. The third kappa shape index (κ3) is 47.3. The molecule has 294 valence electrons. The molecule has 17 heteroatoms. The Labute approximate surface area is 316 Å². The third-order valence-corrected chi connectivity index (χ3v) is 5.28. The molecule has 16 nitrogen and oxygen atoms in total. The third-order valence-electron chi connectivity index (χ3n) is 5.28. The number of carbonyl (C=O) groups is 6. The van der Waals surface area contributed by atoms with Gasteiger partial charge in [0.15, 0.2) is 0 Å². The van der Waals surface area contributed by atoms with E-state index in [-0.39, 0.29) is 73.4 Å². The number of aliphatic imine (C=N–C) groups is 2. The quantitative estimate of drug-likeness (QED) is 0.0383. The Hall–Kier alpha value is -2.83. The van der Waals surface area contributed by atoms with Crippen LogP contribution in [0.1, 0.15) is 81.6 Å². The molecule has 0 aliphatic carbocycles. The van der Waals surface area contributed by atoms with Gasteiger partial charge in [0.2, 0.25) is 5.91 Å².